The average molecular weight is 300 g/mol. The van der Waals surface area contributed by atoms with Crippen LogP contribution in [-0.2, 0) is 19.4 Å². The van der Waals surface area contributed by atoms with Crippen molar-refractivity contribution in [1.82, 2.24) is 5.32 Å². The lowest BCUT2D eigenvalue weighted by Crippen LogP contribution is -2.14. The Balaban J connectivity index is 1.93. The second kappa shape index (κ2) is 6.64. The highest BCUT2D eigenvalue weighted by molar-refractivity contribution is 6.30. The van der Waals surface area contributed by atoms with Gasteiger partial charge in [-0.15, -0.1) is 0 Å². The number of fused-ring (bicyclic) bond motifs is 1. The zero-order valence-electron chi connectivity index (χ0n) is 12.6. The zero-order valence-corrected chi connectivity index (χ0v) is 13.3. The molecule has 1 aliphatic carbocycles. The van der Waals surface area contributed by atoms with E-state index < -0.39 is 0 Å². The monoisotopic (exact) mass is 299 g/mol. The second-order valence-electron chi connectivity index (χ2n) is 5.82. The summed E-state index contributed by atoms with van der Waals surface area (Å²) in [4.78, 5) is 0. The van der Waals surface area contributed by atoms with E-state index in [-0.39, 0.29) is 0 Å². The molecular formula is C19H22ClN. The van der Waals surface area contributed by atoms with Gasteiger partial charge in [0.05, 0.1) is 0 Å². The van der Waals surface area contributed by atoms with E-state index >= 15 is 0 Å². The van der Waals surface area contributed by atoms with Crippen molar-refractivity contribution < 1.29 is 0 Å². The molecule has 0 aliphatic heterocycles. The van der Waals surface area contributed by atoms with E-state index in [1.54, 1.807) is 0 Å². The molecule has 2 aromatic rings. The molecule has 0 saturated heterocycles. The third kappa shape index (κ3) is 3.30. The van der Waals surface area contributed by atoms with Crippen LogP contribution in [-0.4, -0.2) is 6.54 Å². The van der Waals surface area contributed by atoms with Crippen molar-refractivity contribution >= 4 is 11.6 Å². The summed E-state index contributed by atoms with van der Waals surface area (Å²) < 4.78 is 0. The molecule has 0 heterocycles. The standard InChI is InChI=1S/C19H22ClN/c1-2-10-21-13-17-12-18(20)8-9-19(17)16-7-6-14-4-3-5-15(14)11-16/h6-9,11-12,21H,2-5,10,13H2,1H3. The molecule has 21 heavy (non-hydrogen) atoms. The van der Waals surface area contributed by atoms with Crippen LogP contribution in [0.5, 0.6) is 0 Å². The normalized spacial score (nSPS) is 13.4. The van der Waals surface area contributed by atoms with E-state index in [1.807, 2.05) is 6.07 Å². The van der Waals surface area contributed by atoms with Crippen LogP contribution in [0.2, 0.25) is 5.02 Å². The molecule has 3 rings (SSSR count). The molecule has 0 atom stereocenters. The Morgan fingerprint density at radius 2 is 1.90 bits per heavy atom. The van der Waals surface area contributed by atoms with Gasteiger partial charge in [-0.1, -0.05) is 42.8 Å². The molecule has 0 spiro atoms. The highest BCUT2D eigenvalue weighted by Crippen LogP contribution is 2.31. The van der Waals surface area contributed by atoms with E-state index in [1.165, 1.54) is 47.1 Å². The fourth-order valence-corrected chi connectivity index (χ4v) is 3.32. The molecule has 110 valence electrons. The van der Waals surface area contributed by atoms with Crippen molar-refractivity contribution in [2.45, 2.75) is 39.2 Å². The minimum Gasteiger partial charge on any atom is -0.313 e. The lowest BCUT2D eigenvalue weighted by Gasteiger charge is -2.12. The number of nitrogens with one attached hydrogen (secondary N) is 1. The Hall–Kier alpha value is -1.31. The van der Waals surface area contributed by atoms with E-state index in [9.17, 15) is 0 Å². The Morgan fingerprint density at radius 3 is 2.76 bits per heavy atom. The lowest BCUT2D eigenvalue weighted by atomic mass is 9.96. The summed E-state index contributed by atoms with van der Waals surface area (Å²) in [6.07, 6.45) is 4.90. The van der Waals surface area contributed by atoms with Gasteiger partial charge in [0.2, 0.25) is 0 Å². The van der Waals surface area contributed by atoms with Gasteiger partial charge in [0, 0.05) is 11.6 Å². The number of hydrogen-bond donors (Lipinski definition) is 1. The quantitative estimate of drug-likeness (QED) is 0.767. The Kier molecular flexibility index (Phi) is 4.62. The van der Waals surface area contributed by atoms with Crippen molar-refractivity contribution in [3.8, 4) is 11.1 Å². The van der Waals surface area contributed by atoms with Crippen LogP contribution in [0.3, 0.4) is 0 Å². The van der Waals surface area contributed by atoms with Crippen molar-refractivity contribution in [2.75, 3.05) is 6.54 Å². The summed E-state index contributed by atoms with van der Waals surface area (Å²) in [7, 11) is 0. The van der Waals surface area contributed by atoms with Gasteiger partial charge in [-0.2, -0.15) is 0 Å². The maximum absolute atomic E-state index is 6.18. The zero-order chi connectivity index (χ0) is 14.7. The van der Waals surface area contributed by atoms with E-state index in [0.29, 0.717) is 0 Å². The molecule has 0 saturated carbocycles. The Bertz CT molecular complexity index is 633. The van der Waals surface area contributed by atoms with Crippen LogP contribution in [0.1, 0.15) is 36.5 Å². The largest absolute Gasteiger partial charge is 0.313 e. The van der Waals surface area contributed by atoms with E-state index in [0.717, 1.165) is 24.5 Å². The highest BCUT2D eigenvalue weighted by atomic mass is 35.5. The van der Waals surface area contributed by atoms with Crippen LogP contribution in [0.15, 0.2) is 36.4 Å². The highest BCUT2D eigenvalue weighted by Gasteiger charge is 2.13. The molecule has 0 unspecified atom stereocenters. The maximum atomic E-state index is 6.18. The lowest BCUT2D eigenvalue weighted by molar-refractivity contribution is 0.676. The summed E-state index contributed by atoms with van der Waals surface area (Å²) in [5.74, 6) is 0. The molecule has 0 amide bonds. The first-order valence-corrected chi connectivity index (χ1v) is 8.27. The summed E-state index contributed by atoms with van der Waals surface area (Å²) in [5, 5.41) is 4.30. The maximum Gasteiger partial charge on any atom is 0.0409 e. The van der Waals surface area contributed by atoms with Crippen LogP contribution in [0.4, 0.5) is 0 Å². The number of halogens is 1. The van der Waals surface area contributed by atoms with E-state index in [2.05, 4.69) is 42.6 Å². The number of hydrogen-bond acceptors (Lipinski definition) is 1. The predicted octanol–water partition coefficient (Wildman–Crippen LogP) is 5.00. The summed E-state index contributed by atoms with van der Waals surface area (Å²) in [6.45, 7) is 4.10. The molecule has 2 heteroatoms. The topological polar surface area (TPSA) is 12.0 Å². The van der Waals surface area contributed by atoms with Gasteiger partial charge in [0.25, 0.3) is 0 Å². The van der Waals surface area contributed by atoms with Gasteiger partial charge < -0.3 is 5.32 Å². The molecule has 2 aromatic carbocycles. The van der Waals surface area contributed by atoms with Gasteiger partial charge in [-0.25, -0.2) is 0 Å². The molecule has 0 bridgehead atoms. The summed E-state index contributed by atoms with van der Waals surface area (Å²) in [5.41, 5.74) is 6.96. The van der Waals surface area contributed by atoms with Crippen LogP contribution in [0.25, 0.3) is 11.1 Å². The third-order valence-corrected chi connectivity index (χ3v) is 4.45. The van der Waals surface area contributed by atoms with Gasteiger partial charge in [0.1, 0.15) is 0 Å². The minimum atomic E-state index is 0.813. The minimum absolute atomic E-state index is 0.813. The first-order valence-electron chi connectivity index (χ1n) is 7.89. The van der Waals surface area contributed by atoms with Gasteiger partial charge in [-0.3, -0.25) is 0 Å². The van der Waals surface area contributed by atoms with Crippen LogP contribution in [0, 0.1) is 0 Å². The van der Waals surface area contributed by atoms with Crippen molar-refractivity contribution in [1.29, 1.82) is 0 Å². The SMILES string of the molecule is CCCNCc1cc(Cl)ccc1-c1ccc2c(c1)CCC2. The third-order valence-electron chi connectivity index (χ3n) is 4.22. The number of aryl methyl sites for hydroxylation is 2. The molecule has 0 fully saturated rings. The first kappa shape index (κ1) is 14.6. The molecule has 1 nitrogen and oxygen atoms in total. The van der Waals surface area contributed by atoms with Crippen LogP contribution >= 0.6 is 11.6 Å². The van der Waals surface area contributed by atoms with Crippen LogP contribution < -0.4 is 5.32 Å². The van der Waals surface area contributed by atoms with Gasteiger partial charge in [-0.05, 0) is 72.2 Å². The fraction of sp³-hybridized carbons (Fsp3) is 0.368. The molecule has 0 aromatic heterocycles. The molecule has 1 N–H and O–H groups in total. The van der Waals surface area contributed by atoms with Gasteiger partial charge >= 0.3 is 0 Å². The molecule has 0 radical (unpaired) electrons. The Morgan fingerprint density at radius 1 is 1.05 bits per heavy atom. The summed E-state index contributed by atoms with van der Waals surface area (Å²) in [6, 6.07) is 13.2. The predicted molar refractivity (Wildman–Crippen MR) is 90.9 cm³/mol. The molecule has 1 aliphatic rings. The first-order chi connectivity index (χ1) is 10.3. The second-order valence-corrected chi connectivity index (χ2v) is 6.25. The molecular weight excluding hydrogens is 278 g/mol. The van der Waals surface area contributed by atoms with Crippen molar-refractivity contribution in [2.24, 2.45) is 0 Å². The van der Waals surface area contributed by atoms with Crippen molar-refractivity contribution in [3.63, 3.8) is 0 Å². The number of benzene rings is 2. The fourth-order valence-electron chi connectivity index (χ4n) is 3.13. The van der Waals surface area contributed by atoms with E-state index in [4.69, 9.17) is 11.6 Å². The number of rotatable bonds is 5. The summed E-state index contributed by atoms with van der Waals surface area (Å²) >= 11 is 6.18. The van der Waals surface area contributed by atoms with Gasteiger partial charge in [0.15, 0.2) is 0 Å². The Labute approximate surface area is 132 Å². The smallest absolute Gasteiger partial charge is 0.0409 e. The van der Waals surface area contributed by atoms with Crippen molar-refractivity contribution in [3.05, 3.63) is 58.1 Å². The average Bonchev–Trinajstić information content (AvgIpc) is 2.95.